The van der Waals surface area contributed by atoms with E-state index in [4.69, 9.17) is 14.7 Å². The first-order valence-corrected chi connectivity index (χ1v) is 6.43. The Labute approximate surface area is 119 Å². The van der Waals surface area contributed by atoms with Crippen LogP contribution in [0.5, 0.6) is 11.5 Å². The quantitative estimate of drug-likeness (QED) is 0.764. The number of rotatable bonds is 7. The fourth-order valence-corrected chi connectivity index (χ4v) is 1.80. The molecule has 0 bridgehead atoms. The highest BCUT2D eigenvalue weighted by Gasteiger charge is 2.09. The zero-order valence-electron chi connectivity index (χ0n) is 12.2. The maximum absolute atomic E-state index is 11.9. The Morgan fingerprint density at radius 2 is 1.85 bits per heavy atom. The molecule has 0 radical (unpaired) electrons. The number of hydrogen-bond donors (Lipinski definition) is 0. The molecule has 0 aliphatic rings. The fourth-order valence-electron chi connectivity index (χ4n) is 1.80. The lowest BCUT2D eigenvalue weighted by Gasteiger charge is -2.15. The van der Waals surface area contributed by atoms with Crippen LogP contribution in [0.3, 0.4) is 0 Å². The van der Waals surface area contributed by atoms with Crippen LogP contribution >= 0.6 is 0 Å². The minimum absolute atomic E-state index is 0.0297. The van der Waals surface area contributed by atoms with Crippen molar-refractivity contribution in [2.24, 2.45) is 0 Å². The smallest absolute Gasteiger partial charge is 0.222 e. The molecule has 0 heterocycles. The standard InChI is InChI=1S/C15H20N2O3/c1-17(8-4-7-16)15(18)6-5-12-9-13(19-2)11-14(10-12)20-3/h9-11H,4-6,8H2,1-3H3. The zero-order chi connectivity index (χ0) is 15.0. The second-order valence-electron chi connectivity index (χ2n) is 4.44. The third-order valence-corrected chi connectivity index (χ3v) is 3.02. The minimum Gasteiger partial charge on any atom is -0.497 e. The first-order valence-electron chi connectivity index (χ1n) is 6.43. The number of carbonyl (C=O) groups excluding carboxylic acids is 1. The molecule has 0 fully saturated rings. The molecule has 0 saturated heterocycles. The van der Waals surface area contributed by atoms with Gasteiger partial charge in [0.1, 0.15) is 11.5 Å². The number of benzene rings is 1. The molecular weight excluding hydrogens is 256 g/mol. The molecule has 20 heavy (non-hydrogen) atoms. The summed E-state index contributed by atoms with van der Waals surface area (Å²) in [6.07, 6.45) is 1.37. The highest BCUT2D eigenvalue weighted by atomic mass is 16.5. The van der Waals surface area contributed by atoms with Gasteiger partial charge in [0.2, 0.25) is 5.91 Å². The van der Waals surface area contributed by atoms with Crippen LogP contribution < -0.4 is 9.47 Å². The van der Waals surface area contributed by atoms with Crippen molar-refractivity contribution in [1.82, 2.24) is 4.90 Å². The molecule has 1 amide bonds. The topological polar surface area (TPSA) is 62.6 Å². The highest BCUT2D eigenvalue weighted by Crippen LogP contribution is 2.23. The summed E-state index contributed by atoms with van der Waals surface area (Å²) in [5.41, 5.74) is 0.989. The van der Waals surface area contributed by atoms with E-state index in [1.54, 1.807) is 32.2 Å². The molecule has 0 atom stereocenters. The van der Waals surface area contributed by atoms with Crippen molar-refractivity contribution in [1.29, 1.82) is 5.26 Å². The van der Waals surface area contributed by atoms with E-state index >= 15 is 0 Å². The van der Waals surface area contributed by atoms with E-state index in [0.717, 1.165) is 5.56 Å². The number of methoxy groups -OCH3 is 2. The second kappa shape index (κ2) is 8.05. The van der Waals surface area contributed by atoms with Crippen molar-refractivity contribution in [2.75, 3.05) is 27.8 Å². The zero-order valence-corrected chi connectivity index (χ0v) is 12.2. The van der Waals surface area contributed by atoms with Crippen LogP contribution in [0.2, 0.25) is 0 Å². The Kier molecular flexibility index (Phi) is 6.38. The van der Waals surface area contributed by atoms with Gasteiger partial charge in [0.05, 0.1) is 26.7 Å². The molecule has 5 nitrogen and oxygen atoms in total. The maximum Gasteiger partial charge on any atom is 0.222 e. The average molecular weight is 276 g/mol. The Bertz CT molecular complexity index is 472. The third kappa shape index (κ3) is 4.81. The van der Waals surface area contributed by atoms with Gasteiger partial charge in [-0.25, -0.2) is 0 Å². The summed E-state index contributed by atoms with van der Waals surface area (Å²) in [6.45, 7) is 0.469. The van der Waals surface area contributed by atoms with Crippen molar-refractivity contribution in [2.45, 2.75) is 19.3 Å². The normalized spacial score (nSPS) is 9.70. The number of carbonyl (C=O) groups is 1. The molecule has 0 N–H and O–H groups in total. The summed E-state index contributed by atoms with van der Waals surface area (Å²) in [4.78, 5) is 13.5. The summed E-state index contributed by atoms with van der Waals surface area (Å²) < 4.78 is 10.4. The van der Waals surface area contributed by atoms with Gasteiger partial charge in [-0.3, -0.25) is 4.79 Å². The Hall–Kier alpha value is -2.22. The minimum atomic E-state index is 0.0297. The lowest BCUT2D eigenvalue weighted by Crippen LogP contribution is -2.27. The van der Waals surface area contributed by atoms with Gasteiger partial charge >= 0.3 is 0 Å². The van der Waals surface area contributed by atoms with Crippen molar-refractivity contribution < 1.29 is 14.3 Å². The second-order valence-corrected chi connectivity index (χ2v) is 4.44. The maximum atomic E-state index is 11.9. The summed E-state index contributed by atoms with van der Waals surface area (Å²) in [5, 5.41) is 8.50. The van der Waals surface area contributed by atoms with Gasteiger partial charge in [-0.15, -0.1) is 0 Å². The predicted octanol–water partition coefficient (Wildman–Crippen LogP) is 2.01. The first-order chi connectivity index (χ1) is 9.60. The predicted molar refractivity (Wildman–Crippen MR) is 75.7 cm³/mol. The van der Waals surface area contributed by atoms with Gasteiger partial charge in [-0.05, 0) is 24.1 Å². The average Bonchev–Trinajstić information content (AvgIpc) is 2.49. The van der Waals surface area contributed by atoms with E-state index in [1.165, 1.54) is 0 Å². The Balaban J connectivity index is 2.61. The summed E-state index contributed by atoms with van der Waals surface area (Å²) in [5.74, 6) is 1.45. The van der Waals surface area contributed by atoms with Crippen LogP contribution in [0.4, 0.5) is 0 Å². The number of ether oxygens (including phenoxy) is 2. The largest absolute Gasteiger partial charge is 0.497 e. The van der Waals surface area contributed by atoms with Crippen molar-refractivity contribution in [3.8, 4) is 17.6 Å². The van der Waals surface area contributed by atoms with Crippen molar-refractivity contribution >= 4 is 5.91 Å². The number of nitriles is 1. The molecule has 1 rings (SSSR count). The van der Waals surface area contributed by atoms with E-state index in [2.05, 4.69) is 0 Å². The van der Waals surface area contributed by atoms with Crippen LogP contribution in [0.1, 0.15) is 18.4 Å². The summed E-state index contributed by atoms with van der Waals surface area (Å²) >= 11 is 0. The van der Waals surface area contributed by atoms with E-state index in [0.29, 0.717) is 37.3 Å². The summed E-state index contributed by atoms with van der Waals surface area (Å²) in [6, 6.07) is 7.61. The SMILES string of the molecule is COc1cc(CCC(=O)N(C)CCC#N)cc(OC)c1. The number of aryl methyl sites for hydroxylation is 1. The lowest BCUT2D eigenvalue weighted by atomic mass is 10.1. The lowest BCUT2D eigenvalue weighted by molar-refractivity contribution is -0.129. The fraction of sp³-hybridized carbons (Fsp3) is 0.467. The van der Waals surface area contributed by atoms with Crippen LogP contribution in [0.25, 0.3) is 0 Å². The van der Waals surface area contributed by atoms with Crippen LogP contribution in [-0.2, 0) is 11.2 Å². The van der Waals surface area contributed by atoms with Gasteiger partial charge in [0.15, 0.2) is 0 Å². The van der Waals surface area contributed by atoms with E-state index in [9.17, 15) is 4.79 Å². The highest BCUT2D eigenvalue weighted by molar-refractivity contribution is 5.76. The van der Waals surface area contributed by atoms with E-state index in [-0.39, 0.29) is 5.91 Å². The van der Waals surface area contributed by atoms with Gasteiger partial charge in [0, 0.05) is 26.1 Å². The van der Waals surface area contributed by atoms with E-state index < -0.39 is 0 Å². The molecule has 108 valence electrons. The third-order valence-electron chi connectivity index (χ3n) is 3.02. The molecule has 0 spiro atoms. The number of hydrogen-bond acceptors (Lipinski definition) is 4. The van der Waals surface area contributed by atoms with Crippen LogP contribution in [0.15, 0.2) is 18.2 Å². The van der Waals surface area contributed by atoms with Crippen molar-refractivity contribution in [3.63, 3.8) is 0 Å². The van der Waals surface area contributed by atoms with Gasteiger partial charge < -0.3 is 14.4 Å². The Morgan fingerprint density at radius 3 is 2.35 bits per heavy atom. The number of amides is 1. The molecular formula is C15H20N2O3. The molecule has 0 aromatic heterocycles. The van der Waals surface area contributed by atoms with Gasteiger partial charge in [-0.2, -0.15) is 5.26 Å². The molecule has 0 unspecified atom stereocenters. The van der Waals surface area contributed by atoms with E-state index in [1.807, 2.05) is 18.2 Å². The van der Waals surface area contributed by atoms with Crippen LogP contribution in [-0.4, -0.2) is 38.6 Å². The van der Waals surface area contributed by atoms with Crippen molar-refractivity contribution in [3.05, 3.63) is 23.8 Å². The monoisotopic (exact) mass is 276 g/mol. The summed E-state index contributed by atoms with van der Waals surface area (Å²) in [7, 11) is 4.91. The van der Waals surface area contributed by atoms with Gasteiger partial charge in [-0.1, -0.05) is 0 Å². The first kappa shape index (κ1) is 15.8. The Morgan fingerprint density at radius 1 is 1.25 bits per heavy atom. The molecule has 0 aliphatic heterocycles. The molecule has 1 aromatic carbocycles. The van der Waals surface area contributed by atoms with Crippen LogP contribution in [0, 0.1) is 11.3 Å². The molecule has 1 aromatic rings. The molecule has 0 aliphatic carbocycles. The molecule has 5 heteroatoms. The van der Waals surface area contributed by atoms with Gasteiger partial charge in [0.25, 0.3) is 0 Å². The molecule has 0 saturated carbocycles. The number of nitrogens with zero attached hydrogens (tertiary/aromatic N) is 2.